The minimum atomic E-state index is 0.460. The van der Waals surface area contributed by atoms with Crippen LogP contribution in [-0.2, 0) is 13.0 Å². The number of ether oxygens (including phenoxy) is 1. The van der Waals surface area contributed by atoms with Crippen LogP contribution >= 0.6 is 15.9 Å². The Morgan fingerprint density at radius 3 is 2.72 bits per heavy atom. The second-order valence-corrected chi connectivity index (χ2v) is 4.94. The average Bonchev–Trinajstić information content (AvgIpc) is 2.37. The quantitative estimate of drug-likeness (QED) is 0.879. The van der Waals surface area contributed by atoms with E-state index in [4.69, 9.17) is 10.5 Å². The van der Waals surface area contributed by atoms with Gasteiger partial charge in [0.05, 0.1) is 5.69 Å². The molecule has 0 fully saturated rings. The lowest BCUT2D eigenvalue weighted by molar-refractivity contribution is 0.307. The topological polar surface area (TPSA) is 48.1 Å². The Hall–Kier alpha value is -1.55. The molecule has 0 aliphatic carbocycles. The Labute approximate surface area is 115 Å². The summed E-state index contributed by atoms with van der Waals surface area (Å²) in [6.07, 6.45) is 4.50. The van der Waals surface area contributed by atoms with Gasteiger partial charge in [-0.1, -0.05) is 13.0 Å². The fraction of sp³-hybridized carbons (Fsp3) is 0.214. The number of rotatable bonds is 4. The summed E-state index contributed by atoms with van der Waals surface area (Å²) < 4.78 is 6.63. The van der Waals surface area contributed by atoms with Crippen LogP contribution in [0.3, 0.4) is 0 Å². The van der Waals surface area contributed by atoms with E-state index in [0.717, 1.165) is 16.5 Å². The second kappa shape index (κ2) is 5.87. The number of hydrogen-bond donors (Lipinski definition) is 1. The molecule has 94 valence electrons. The van der Waals surface area contributed by atoms with Crippen LogP contribution in [0.2, 0.25) is 0 Å². The Morgan fingerprint density at radius 1 is 1.22 bits per heavy atom. The summed E-state index contributed by atoms with van der Waals surface area (Å²) in [7, 11) is 0. The summed E-state index contributed by atoms with van der Waals surface area (Å²) in [6, 6.07) is 7.88. The molecule has 0 saturated heterocycles. The van der Waals surface area contributed by atoms with E-state index in [-0.39, 0.29) is 0 Å². The second-order valence-electron chi connectivity index (χ2n) is 4.03. The van der Waals surface area contributed by atoms with E-state index < -0.39 is 0 Å². The van der Waals surface area contributed by atoms with E-state index >= 15 is 0 Å². The third-order valence-corrected chi connectivity index (χ3v) is 3.07. The first kappa shape index (κ1) is 12.9. The molecular formula is C14H15BrN2O. The molecule has 1 aromatic carbocycles. The van der Waals surface area contributed by atoms with E-state index in [9.17, 15) is 0 Å². The van der Waals surface area contributed by atoms with Gasteiger partial charge in [0.25, 0.3) is 0 Å². The smallest absolute Gasteiger partial charge is 0.142 e. The zero-order chi connectivity index (χ0) is 13.0. The predicted molar refractivity (Wildman–Crippen MR) is 76.5 cm³/mol. The number of pyridine rings is 1. The number of aryl methyl sites for hydroxylation is 1. The van der Waals surface area contributed by atoms with Gasteiger partial charge in [0.2, 0.25) is 0 Å². The van der Waals surface area contributed by atoms with Crippen molar-refractivity contribution in [1.29, 1.82) is 0 Å². The van der Waals surface area contributed by atoms with Crippen molar-refractivity contribution < 1.29 is 4.74 Å². The fourth-order valence-electron chi connectivity index (χ4n) is 1.65. The molecule has 2 aromatic rings. The maximum absolute atomic E-state index is 5.94. The van der Waals surface area contributed by atoms with Gasteiger partial charge < -0.3 is 10.5 Å². The van der Waals surface area contributed by atoms with E-state index in [2.05, 4.69) is 27.8 Å². The zero-order valence-corrected chi connectivity index (χ0v) is 11.8. The Balaban J connectivity index is 2.06. The van der Waals surface area contributed by atoms with Gasteiger partial charge in [-0.2, -0.15) is 0 Å². The Bertz CT molecular complexity index is 543. The van der Waals surface area contributed by atoms with Crippen molar-refractivity contribution in [2.45, 2.75) is 20.0 Å². The monoisotopic (exact) mass is 306 g/mol. The van der Waals surface area contributed by atoms with Crippen molar-refractivity contribution in [2.24, 2.45) is 0 Å². The van der Waals surface area contributed by atoms with Crippen molar-refractivity contribution in [3.05, 3.63) is 52.3 Å². The number of nitrogens with zero attached hydrogens (tertiary/aromatic N) is 1. The van der Waals surface area contributed by atoms with Crippen LogP contribution in [0, 0.1) is 0 Å². The van der Waals surface area contributed by atoms with E-state index in [1.165, 1.54) is 5.56 Å². The number of halogens is 1. The lowest BCUT2D eigenvalue weighted by Gasteiger charge is -2.10. The maximum atomic E-state index is 5.94. The number of nitrogens with two attached hydrogens (primary N) is 1. The maximum Gasteiger partial charge on any atom is 0.142 e. The number of nitrogen functional groups attached to an aromatic ring is 1. The largest absolute Gasteiger partial charge is 0.487 e. The van der Waals surface area contributed by atoms with Gasteiger partial charge in [-0.3, -0.25) is 4.98 Å². The molecule has 18 heavy (non-hydrogen) atoms. The standard InChI is InChI=1S/C14H15BrN2O/c1-2-10-3-4-14(13(16)6-10)18-9-11-5-12(15)8-17-7-11/h3-8H,2,9,16H2,1H3. The lowest BCUT2D eigenvalue weighted by Crippen LogP contribution is -2.00. The summed E-state index contributed by atoms with van der Waals surface area (Å²) in [4.78, 5) is 4.09. The third-order valence-electron chi connectivity index (χ3n) is 2.64. The first-order valence-corrected chi connectivity index (χ1v) is 6.59. The molecular weight excluding hydrogens is 292 g/mol. The van der Waals surface area contributed by atoms with E-state index in [0.29, 0.717) is 18.0 Å². The highest BCUT2D eigenvalue weighted by molar-refractivity contribution is 9.10. The van der Waals surface area contributed by atoms with Crippen molar-refractivity contribution >= 4 is 21.6 Å². The summed E-state index contributed by atoms with van der Waals surface area (Å²) >= 11 is 3.38. The minimum absolute atomic E-state index is 0.460. The molecule has 0 aliphatic rings. The Morgan fingerprint density at radius 2 is 2.06 bits per heavy atom. The number of hydrogen-bond acceptors (Lipinski definition) is 3. The lowest BCUT2D eigenvalue weighted by atomic mass is 10.1. The first-order valence-electron chi connectivity index (χ1n) is 5.79. The van der Waals surface area contributed by atoms with Crippen LogP contribution in [0.25, 0.3) is 0 Å². The van der Waals surface area contributed by atoms with Crippen LogP contribution in [0.15, 0.2) is 41.1 Å². The van der Waals surface area contributed by atoms with Crippen LogP contribution in [0.4, 0.5) is 5.69 Å². The van der Waals surface area contributed by atoms with Gasteiger partial charge in [0.15, 0.2) is 0 Å². The summed E-state index contributed by atoms with van der Waals surface area (Å²) in [6.45, 7) is 2.56. The van der Waals surface area contributed by atoms with E-state index in [1.807, 2.05) is 24.3 Å². The molecule has 2 N–H and O–H groups in total. The van der Waals surface area contributed by atoms with E-state index in [1.54, 1.807) is 12.4 Å². The molecule has 0 atom stereocenters. The molecule has 0 unspecified atom stereocenters. The molecule has 2 rings (SSSR count). The molecule has 0 saturated carbocycles. The average molecular weight is 307 g/mol. The summed E-state index contributed by atoms with van der Waals surface area (Å²) in [5.74, 6) is 0.715. The molecule has 0 radical (unpaired) electrons. The highest BCUT2D eigenvalue weighted by atomic mass is 79.9. The number of aromatic nitrogens is 1. The van der Waals surface area contributed by atoms with Gasteiger partial charge in [-0.15, -0.1) is 0 Å². The molecule has 0 spiro atoms. The normalized spacial score (nSPS) is 10.3. The van der Waals surface area contributed by atoms with Crippen molar-refractivity contribution in [1.82, 2.24) is 4.98 Å². The van der Waals surface area contributed by atoms with Crippen LogP contribution in [0.1, 0.15) is 18.1 Å². The minimum Gasteiger partial charge on any atom is -0.487 e. The van der Waals surface area contributed by atoms with Gasteiger partial charge in [0.1, 0.15) is 12.4 Å². The van der Waals surface area contributed by atoms with Gasteiger partial charge in [-0.25, -0.2) is 0 Å². The van der Waals surface area contributed by atoms with Crippen molar-refractivity contribution in [2.75, 3.05) is 5.73 Å². The third kappa shape index (κ3) is 3.23. The van der Waals surface area contributed by atoms with Gasteiger partial charge >= 0.3 is 0 Å². The van der Waals surface area contributed by atoms with Crippen LogP contribution in [-0.4, -0.2) is 4.98 Å². The molecule has 1 aromatic heterocycles. The predicted octanol–water partition coefficient (Wildman–Crippen LogP) is 3.57. The van der Waals surface area contributed by atoms with Gasteiger partial charge in [-0.05, 0) is 46.1 Å². The molecule has 0 aliphatic heterocycles. The highest BCUT2D eigenvalue weighted by Gasteiger charge is 2.02. The molecule has 4 heteroatoms. The first-order chi connectivity index (χ1) is 8.69. The van der Waals surface area contributed by atoms with Gasteiger partial charge in [0, 0.05) is 22.4 Å². The molecule has 1 heterocycles. The SMILES string of the molecule is CCc1ccc(OCc2cncc(Br)c2)c(N)c1. The number of anilines is 1. The molecule has 0 amide bonds. The highest BCUT2D eigenvalue weighted by Crippen LogP contribution is 2.24. The van der Waals surface area contributed by atoms with Crippen LogP contribution < -0.4 is 10.5 Å². The van der Waals surface area contributed by atoms with Crippen molar-refractivity contribution in [3.63, 3.8) is 0 Å². The van der Waals surface area contributed by atoms with Crippen molar-refractivity contribution in [3.8, 4) is 5.75 Å². The fourth-order valence-corrected chi connectivity index (χ4v) is 2.06. The number of benzene rings is 1. The molecule has 0 bridgehead atoms. The Kier molecular flexibility index (Phi) is 4.20. The summed E-state index contributed by atoms with van der Waals surface area (Å²) in [5, 5.41) is 0. The zero-order valence-electron chi connectivity index (χ0n) is 10.2. The summed E-state index contributed by atoms with van der Waals surface area (Å²) in [5.41, 5.74) is 8.83. The molecule has 3 nitrogen and oxygen atoms in total. The van der Waals surface area contributed by atoms with Crippen LogP contribution in [0.5, 0.6) is 5.75 Å².